The normalized spacial score (nSPS) is 12.1. The van der Waals surface area contributed by atoms with E-state index in [4.69, 9.17) is 4.98 Å². The van der Waals surface area contributed by atoms with Gasteiger partial charge in [-0.05, 0) is 66.7 Å². The molecule has 0 saturated carbocycles. The first kappa shape index (κ1) is 23.5. The molecule has 0 amide bonds. The summed E-state index contributed by atoms with van der Waals surface area (Å²) in [6.45, 7) is 0. The third-order valence-electron chi connectivity index (χ3n) is 8.96. The number of benzene rings is 6. The third kappa shape index (κ3) is 3.05. The lowest BCUT2D eigenvalue weighted by Gasteiger charge is -2.09. The highest BCUT2D eigenvalue weighted by molar-refractivity contribution is 6.11. The van der Waals surface area contributed by atoms with Crippen molar-refractivity contribution in [2.75, 3.05) is 0 Å². The van der Waals surface area contributed by atoms with Gasteiger partial charge < -0.3 is 4.57 Å². The zero-order chi connectivity index (χ0) is 28.8. The highest BCUT2D eigenvalue weighted by Gasteiger charge is 2.24. The molecule has 0 spiro atoms. The maximum Gasteiger partial charge on any atom is 0.222 e. The Kier molecular flexibility index (Phi) is 4.66. The molecule has 0 aliphatic carbocycles. The van der Waals surface area contributed by atoms with E-state index in [0.717, 1.165) is 50.6 Å². The highest BCUT2D eigenvalue weighted by atomic mass is 15.2. The minimum Gasteiger partial charge on any atom is -0.309 e. The van der Waals surface area contributed by atoms with E-state index in [1.165, 1.54) is 27.2 Å². The van der Waals surface area contributed by atoms with E-state index < -0.39 is 0 Å². The van der Waals surface area contributed by atoms with Crippen molar-refractivity contribution in [2.24, 2.45) is 0 Å². The molecule has 0 aliphatic heterocycles. The highest BCUT2D eigenvalue weighted by Crippen LogP contribution is 2.38. The standard InChI is InChI=1S/C39H25N5/c1-3-13-26(14-4-1)41-32-19-9-7-17-29(32)31-25-28(23-24-34(31)41)43-35-21-11-12-22-36(35)44-37-30-18-8-10-20-33(30)42(38(37)40-39(43)44)27-15-5-2-6-16-27/h1-25H. The van der Waals surface area contributed by atoms with Crippen molar-refractivity contribution in [1.29, 1.82) is 0 Å². The van der Waals surface area contributed by atoms with Gasteiger partial charge in [-0.1, -0.05) is 84.9 Å². The van der Waals surface area contributed by atoms with Crippen molar-refractivity contribution in [2.45, 2.75) is 0 Å². The van der Waals surface area contributed by atoms with Crippen molar-refractivity contribution in [3.8, 4) is 17.1 Å². The molecule has 0 aliphatic rings. The number of nitrogens with zero attached hydrogens (tertiary/aromatic N) is 5. The van der Waals surface area contributed by atoms with Gasteiger partial charge >= 0.3 is 0 Å². The van der Waals surface area contributed by atoms with Crippen LogP contribution in [0.25, 0.3) is 77.7 Å². The summed E-state index contributed by atoms with van der Waals surface area (Å²) in [5, 5.41) is 3.63. The van der Waals surface area contributed by atoms with Crippen LogP contribution < -0.4 is 0 Å². The second-order valence-corrected chi connectivity index (χ2v) is 11.3. The number of aromatic nitrogens is 5. The van der Waals surface area contributed by atoms with Gasteiger partial charge in [0.1, 0.15) is 5.52 Å². The first-order valence-electron chi connectivity index (χ1n) is 14.9. The van der Waals surface area contributed by atoms with E-state index in [1.54, 1.807) is 0 Å². The summed E-state index contributed by atoms with van der Waals surface area (Å²) < 4.78 is 9.29. The molecule has 10 rings (SSSR count). The maximum atomic E-state index is 5.42. The molecule has 4 heterocycles. The third-order valence-corrected chi connectivity index (χ3v) is 8.96. The van der Waals surface area contributed by atoms with Crippen LogP contribution in [0.3, 0.4) is 0 Å². The van der Waals surface area contributed by atoms with Crippen LogP contribution in [0.1, 0.15) is 0 Å². The van der Waals surface area contributed by atoms with E-state index >= 15 is 0 Å². The van der Waals surface area contributed by atoms with Crippen LogP contribution in [0, 0.1) is 0 Å². The molecule has 0 fully saturated rings. The smallest absolute Gasteiger partial charge is 0.222 e. The first-order valence-corrected chi connectivity index (χ1v) is 14.9. The summed E-state index contributed by atoms with van der Waals surface area (Å²) >= 11 is 0. The molecule has 44 heavy (non-hydrogen) atoms. The van der Waals surface area contributed by atoms with Gasteiger partial charge in [0, 0.05) is 33.2 Å². The van der Waals surface area contributed by atoms with Gasteiger partial charge in [0.2, 0.25) is 5.78 Å². The molecule has 206 valence electrons. The molecular weight excluding hydrogens is 538 g/mol. The van der Waals surface area contributed by atoms with Crippen LogP contribution in [0.5, 0.6) is 0 Å². The Labute approximate surface area is 252 Å². The average Bonchev–Trinajstić information content (AvgIpc) is 3.80. The Bertz CT molecular complexity index is 2700. The zero-order valence-electron chi connectivity index (χ0n) is 23.7. The van der Waals surface area contributed by atoms with Crippen molar-refractivity contribution < 1.29 is 0 Å². The summed E-state index contributed by atoms with van der Waals surface area (Å²) in [5.41, 5.74) is 11.2. The molecule has 0 saturated heterocycles. The minimum atomic E-state index is 0.901. The molecule has 0 N–H and O–H groups in total. The van der Waals surface area contributed by atoms with Crippen LogP contribution in [-0.4, -0.2) is 23.1 Å². The van der Waals surface area contributed by atoms with E-state index in [9.17, 15) is 0 Å². The van der Waals surface area contributed by atoms with Crippen molar-refractivity contribution in [3.05, 3.63) is 152 Å². The number of para-hydroxylation sites is 6. The topological polar surface area (TPSA) is 32.1 Å². The molecule has 0 atom stereocenters. The number of fused-ring (bicyclic) bond motifs is 10. The van der Waals surface area contributed by atoms with Crippen LogP contribution >= 0.6 is 0 Å². The Balaban J connectivity index is 1.32. The molecule has 10 aromatic rings. The van der Waals surface area contributed by atoms with Crippen LogP contribution in [0.4, 0.5) is 0 Å². The summed E-state index contributed by atoms with van der Waals surface area (Å²) in [5.74, 6) is 0.901. The molecule has 5 nitrogen and oxygen atoms in total. The Hall–Kier alpha value is -6.07. The quantitative estimate of drug-likeness (QED) is 0.211. The SMILES string of the molecule is c1ccc(-n2c3ccccc3c3cc(-n4c5ccccc5n5c6c7ccccc7n(-c7ccccc7)c6nc45)ccc32)cc1. The van der Waals surface area contributed by atoms with Gasteiger partial charge in [0.15, 0.2) is 5.65 Å². The maximum absolute atomic E-state index is 5.42. The molecule has 0 unspecified atom stereocenters. The van der Waals surface area contributed by atoms with Gasteiger partial charge in [0.25, 0.3) is 0 Å². The molecule has 6 aromatic carbocycles. The molecule has 4 aromatic heterocycles. The van der Waals surface area contributed by atoms with Crippen LogP contribution in [0.15, 0.2) is 152 Å². The second-order valence-electron chi connectivity index (χ2n) is 11.3. The minimum absolute atomic E-state index is 0.901. The van der Waals surface area contributed by atoms with Gasteiger partial charge in [-0.3, -0.25) is 13.5 Å². The van der Waals surface area contributed by atoms with Crippen LogP contribution in [-0.2, 0) is 0 Å². The van der Waals surface area contributed by atoms with Gasteiger partial charge in [-0.2, -0.15) is 4.98 Å². The fourth-order valence-corrected chi connectivity index (χ4v) is 7.15. The van der Waals surface area contributed by atoms with E-state index in [1.807, 2.05) is 0 Å². The summed E-state index contributed by atoms with van der Waals surface area (Å²) in [6, 6.07) is 53.9. The molecular formula is C39H25N5. The Morgan fingerprint density at radius 2 is 0.909 bits per heavy atom. The molecule has 0 bridgehead atoms. The predicted molar refractivity (Wildman–Crippen MR) is 181 cm³/mol. The fourth-order valence-electron chi connectivity index (χ4n) is 7.15. The Morgan fingerprint density at radius 3 is 1.64 bits per heavy atom. The summed E-state index contributed by atoms with van der Waals surface area (Å²) in [6.07, 6.45) is 0. The summed E-state index contributed by atoms with van der Waals surface area (Å²) in [4.78, 5) is 5.42. The molecule has 5 heteroatoms. The van der Waals surface area contributed by atoms with Gasteiger partial charge in [0.05, 0.1) is 27.6 Å². The van der Waals surface area contributed by atoms with E-state index in [-0.39, 0.29) is 0 Å². The summed E-state index contributed by atoms with van der Waals surface area (Å²) in [7, 11) is 0. The lowest BCUT2D eigenvalue weighted by Crippen LogP contribution is -1.97. The zero-order valence-corrected chi connectivity index (χ0v) is 23.7. The fraction of sp³-hybridized carbons (Fsp3) is 0. The largest absolute Gasteiger partial charge is 0.309 e. The average molecular weight is 564 g/mol. The van der Waals surface area contributed by atoms with Crippen LogP contribution in [0.2, 0.25) is 0 Å². The Morgan fingerprint density at radius 1 is 0.364 bits per heavy atom. The first-order chi connectivity index (χ1) is 21.9. The number of hydrogen-bond acceptors (Lipinski definition) is 1. The van der Waals surface area contributed by atoms with Gasteiger partial charge in [-0.25, -0.2) is 0 Å². The number of hydrogen-bond donors (Lipinski definition) is 0. The number of rotatable bonds is 3. The second kappa shape index (κ2) is 8.72. The van der Waals surface area contributed by atoms with E-state index in [2.05, 4.69) is 170 Å². The lowest BCUT2D eigenvalue weighted by molar-refractivity contribution is 1.09. The predicted octanol–water partition coefficient (Wildman–Crippen LogP) is 9.47. The van der Waals surface area contributed by atoms with Crippen molar-refractivity contribution >= 4 is 60.7 Å². The van der Waals surface area contributed by atoms with Crippen molar-refractivity contribution in [1.82, 2.24) is 23.1 Å². The number of imidazole rings is 2. The molecule has 0 radical (unpaired) electrons. The monoisotopic (exact) mass is 563 g/mol. The van der Waals surface area contributed by atoms with Gasteiger partial charge in [-0.15, -0.1) is 0 Å². The van der Waals surface area contributed by atoms with Crippen molar-refractivity contribution in [3.63, 3.8) is 0 Å². The van der Waals surface area contributed by atoms with E-state index in [0.29, 0.717) is 0 Å². The lowest BCUT2D eigenvalue weighted by atomic mass is 10.1.